The lowest BCUT2D eigenvalue weighted by molar-refractivity contribution is 0.0759. The van der Waals surface area contributed by atoms with Gasteiger partial charge in [0.25, 0.3) is 0 Å². The van der Waals surface area contributed by atoms with Crippen LogP contribution in [-0.2, 0) is 9.47 Å². The van der Waals surface area contributed by atoms with E-state index in [4.69, 9.17) is 15.2 Å². The highest BCUT2D eigenvalue weighted by atomic mass is 16.5. The predicted octanol–water partition coefficient (Wildman–Crippen LogP) is 1.34. The minimum atomic E-state index is 0.639. The van der Waals surface area contributed by atoms with Gasteiger partial charge in [0.1, 0.15) is 0 Å². The molecule has 0 atom stereocenters. The zero-order chi connectivity index (χ0) is 10.9. The lowest BCUT2D eigenvalue weighted by Crippen LogP contribution is -2.11. The molecule has 4 nitrogen and oxygen atoms in total. The zero-order valence-corrected chi connectivity index (χ0v) is 9.03. The first-order chi connectivity index (χ1) is 7.33. The van der Waals surface area contributed by atoms with Crippen LogP contribution in [0.5, 0.6) is 0 Å². The maximum Gasteiger partial charge on any atom is 0.0701 e. The van der Waals surface area contributed by atoms with E-state index in [1.54, 1.807) is 7.11 Å². The molecule has 0 aliphatic heterocycles. The van der Waals surface area contributed by atoms with Gasteiger partial charge in [0.2, 0.25) is 0 Å². The molecule has 0 bridgehead atoms. The lowest BCUT2D eigenvalue weighted by Gasteiger charge is -2.07. The quantitative estimate of drug-likeness (QED) is 0.527. The summed E-state index contributed by atoms with van der Waals surface area (Å²) in [6.45, 7) is 2.74. The molecule has 1 aromatic carbocycles. The van der Waals surface area contributed by atoms with Gasteiger partial charge in [-0.15, -0.1) is 0 Å². The maximum atomic E-state index is 5.57. The molecule has 0 aromatic heterocycles. The number of anilines is 2. The Morgan fingerprint density at radius 3 is 2.53 bits per heavy atom. The summed E-state index contributed by atoms with van der Waals surface area (Å²) in [6.07, 6.45) is 0. The molecule has 84 valence electrons. The summed E-state index contributed by atoms with van der Waals surface area (Å²) in [7, 11) is 1.66. The molecule has 0 unspecified atom stereocenters. The molecule has 0 heterocycles. The van der Waals surface area contributed by atoms with Crippen molar-refractivity contribution in [1.82, 2.24) is 0 Å². The fourth-order valence-corrected chi connectivity index (χ4v) is 1.11. The van der Waals surface area contributed by atoms with E-state index in [1.807, 2.05) is 24.3 Å². The Bertz CT molecular complexity index is 262. The van der Waals surface area contributed by atoms with Crippen LogP contribution in [-0.4, -0.2) is 33.5 Å². The van der Waals surface area contributed by atoms with Crippen molar-refractivity contribution >= 4 is 11.4 Å². The van der Waals surface area contributed by atoms with Crippen molar-refractivity contribution in [2.24, 2.45) is 0 Å². The van der Waals surface area contributed by atoms with E-state index in [2.05, 4.69) is 5.32 Å². The first-order valence-electron chi connectivity index (χ1n) is 4.99. The van der Waals surface area contributed by atoms with E-state index in [-0.39, 0.29) is 0 Å². The van der Waals surface area contributed by atoms with Gasteiger partial charge in [-0.25, -0.2) is 0 Å². The lowest BCUT2D eigenvalue weighted by atomic mass is 10.3. The Balaban J connectivity index is 2.07. The second kappa shape index (κ2) is 7.09. The van der Waals surface area contributed by atoms with Gasteiger partial charge < -0.3 is 20.5 Å². The van der Waals surface area contributed by atoms with Crippen molar-refractivity contribution in [3.05, 3.63) is 24.3 Å². The van der Waals surface area contributed by atoms with Gasteiger partial charge in [0, 0.05) is 25.0 Å². The van der Waals surface area contributed by atoms with E-state index in [0.29, 0.717) is 19.8 Å². The molecule has 0 fully saturated rings. The summed E-state index contributed by atoms with van der Waals surface area (Å²) in [5.41, 5.74) is 7.40. The molecule has 0 radical (unpaired) electrons. The molecule has 0 saturated heterocycles. The van der Waals surface area contributed by atoms with Gasteiger partial charge in [-0.3, -0.25) is 0 Å². The average Bonchev–Trinajstić information content (AvgIpc) is 2.26. The van der Waals surface area contributed by atoms with Crippen molar-refractivity contribution < 1.29 is 9.47 Å². The number of nitrogens with one attached hydrogen (secondary N) is 1. The van der Waals surface area contributed by atoms with Crippen molar-refractivity contribution in [2.45, 2.75) is 0 Å². The third kappa shape index (κ3) is 5.24. The van der Waals surface area contributed by atoms with Crippen LogP contribution in [0.1, 0.15) is 0 Å². The number of nitrogen functional groups attached to an aromatic ring is 1. The van der Waals surface area contributed by atoms with Gasteiger partial charge >= 0.3 is 0 Å². The predicted molar refractivity (Wildman–Crippen MR) is 62.0 cm³/mol. The number of benzene rings is 1. The van der Waals surface area contributed by atoms with Gasteiger partial charge in [-0.2, -0.15) is 0 Å². The van der Waals surface area contributed by atoms with Gasteiger partial charge in [-0.1, -0.05) is 0 Å². The maximum absolute atomic E-state index is 5.57. The first-order valence-corrected chi connectivity index (χ1v) is 4.99. The molecule has 0 amide bonds. The number of nitrogens with two attached hydrogens (primary N) is 1. The minimum absolute atomic E-state index is 0.639. The van der Waals surface area contributed by atoms with Crippen LogP contribution >= 0.6 is 0 Å². The molecule has 1 aromatic rings. The normalized spacial score (nSPS) is 10.2. The monoisotopic (exact) mass is 210 g/mol. The number of methoxy groups -OCH3 is 1. The number of hydrogen-bond donors (Lipinski definition) is 2. The number of hydrogen-bond acceptors (Lipinski definition) is 4. The standard InChI is InChI=1S/C11H18N2O2/c1-14-8-9-15-7-6-13-11-4-2-10(12)3-5-11/h2-5,13H,6-9,12H2,1H3. The van der Waals surface area contributed by atoms with Crippen LogP contribution in [0.4, 0.5) is 11.4 Å². The molecule has 15 heavy (non-hydrogen) atoms. The molecular weight excluding hydrogens is 192 g/mol. The van der Waals surface area contributed by atoms with Gasteiger partial charge in [0.05, 0.1) is 19.8 Å². The molecular formula is C11H18N2O2. The highest BCUT2D eigenvalue weighted by Gasteiger charge is 1.91. The summed E-state index contributed by atoms with van der Waals surface area (Å²) in [5, 5.41) is 3.23. The molecule has 3 N–H and O–H groups in total. The molecule has 0 saturated carbocycles. The van der Waals surface area contributed by atoms with E-state index < -0.39 is 0 Å². The van der Waals surface area contributed by atoms with Crippen molar-refractivity contribution in [3.63, 3.8) is 0 Å². The Morgan fingerprint density at radius 1 is 1.13 bits per heavy atom. The molecule has 0 spiro atoms. The Hall–Kier alpha value is -1.26. The van der Waals surface area contributed by atoms with E-state index in [0.717, 1.165) is 17.9 Å². The summed E-state index contributed by atoms with van der Waals surface area (Å²) in [5.74, 6) is 0. The topological polar surface area (TPSA) is 56.5 Å². The molecule has 4 heteroatoms. The second-order valence-corrected chi connectivity index (χ2v) is 3.15. The van der Waals surface area contributed by atoms with Crippen LogP contribution in [0, 0.1) is 0 Å². The summed E-state index contributed by atoms with van der Waals surface area (Å²) in [4.78, 5) is 0. The SMILES string of the molecule is COCCOCCNc1ccc(N)cc1. The summed E-state index contributed by atoms with van der Waals surface area (Å²) >= 11 is 0. The second-order valence-electron chi connectivity index (χ2n) is 3.15. The first kappa shape index (κ1) is 11.8. The summed E-state index contributed by atoms with van der Waals surface area (Å²) in [6, 6.07) is 7.64. The average molecular weight is 210 g/mol. The largest absolute Gasteiger partial charge is 0.399 e. The highest BCUT2D eigenvalue weighted by molar-refractivity contribution is 5.51. The molecule has 0 aliphatic carbocycles. The third-order valence-corrected chi connectivity index (χ3v) is 1.92. The zero-order valence-electron chi connectivity index (χ0n) is 9.03. The third-order valence-electron chi connectivity index (χ3n) is 1.92. The van der Waals surface area contributed by atoms with E-state index in [9.17, 15) is 0 Å². The van der Waals surface area contributed by atoms with Crippen LogP contribution in [0.25, 0.3) is 0 Å². The van der Waals surface area contributed by atoms with Gasteiger partial charge in [-0.05, 0) is 24.3 Å². The van der Waals surface area contributed by atoms with Crippen LogP contribution in [0.15, 0.2) is 24.3 Å². The Kier molecular flexibility index (Phi) is 5.58. The molecule has 1 rings (SSSR count). The van der Waals surface area contributed by atoms with Crippen LogP contribution in [0.3, 0.4) is 0 Å². The van der Waals surface area contributed by atoms with E-state index >= 15 is 0 Å². The highest BCUT2D eigenvalue weighted by Crippen LogP contribution is 2.09. The number of rotatable bonds is 7. The smallest absolute Gasteiger partial charge is 0.0701 e. The van der Waals surface area contributed by atoms with E-state index in [1.165, 1.54) is 0 Å². The summed E-state index contributed by atoms with van der Waals surface area (Å²) < 4.78 is 10.2. The number of ether oxygens (including phenoxy) is 2. The van der Waals surface area contributed by atoms with Crippen molar-refractivity contribution in [2.75, 3.05) is 44.5 Å². The fraction of sp³-hybridized carbons (Fsp3) is 0.455. The Morgan fingerprint density at radius 2 is 1.87 bits per heavy atom. The van der Waals surface area contributed by atoms with Crippen LogP contribution < -0.4 is 11.1 Å². The Labute approximate surface area is 90.4 Å². The molecule has 0 aliphatic rings. The fourth-order valence-electron chi connectivity index (χ4n) is 1.11. The van der Waals surface area contributed by atoms with Crippen molar-refractivity contribution in [1.29, 1.82) is 0 Å². The van der Waals surface area contributed by atoms with Crippen molar-refractivity contribution in [3.8, 4) is 0 Å². The van der Waals surface area contributed by atoms with Gasteiger partial charge in [0.15, 0.2) is 0 Å². The minimum Gasteiger partial charge on any atom is -0.399 e. The van der Waals surface area contributed by atoms with Crippen LogP contribution in [0.2, 0.25) is 0 Å².